The molecule has 0 amide bonds. The molecule has 0 radical (unpaired) electrons. The molecule has 1 aliphatic rings. The lowest BCUT2D eigenvalue weighted by Gasteiger charge is -2.29. The summed E-state index contributed by atoms with van der Waals surface area (Å²) >= 11 is 0. The van der Waals surface area contributed by atoms with Crippen molar-refractivity contribution in [2.24, 2.45) is 0 Å². The Bertz CT molecular complexity index is 997. The molecule has 5 heteroatoms. The van der Waals surface area contributed by atoms with Crippen LogP contribution in [-0.2, 0) is 4.74 Å². The molecule has 0 unspecified atom stereocenters. The van der Waals surface area contributed by atoms with Crippen LogP contribution in [0.5, 0.6) is 23.0 Å². The molecule has 204 valence electrons. The Balaban J connectivity index is 1.98. The van der Waals surface area contributed by atoms with Gasteiger partial charge >= 0.3 is 0 Å². The summed E-state index contributed by atoms with van der Waals surface area (Å²) in [7, 11) is 0. The summed E-state index contributed by atoms with van der Waals surface area (Å²) in [4.78, 5) is 0. The molecule has 0 saturated carbocycles. The second kappa shape index (κ2) is 15.4. The standard InChI is InChI=1S/C32H46O5/c1-6-10-16-33-26-21-29(35-18-12-8-3)27-23-31(36-19-13-9-4)32(37-30(27)22-26)25-15-14-24(5)28(20-25)34-17-11-7-2/h14-15,20-23,32H,6-13,16-19H2,1-5H3/t32-/m1/s1. The first-order valence-electron chi connectivity index (χ1n) is 14.3. The Morgan fingerprint density at radius 1 is 0.676 bits per heavy atom. The number of hydrogen-bond donors (Lipinski definition) is 0. The number of ether oxygens (including phenoxy) is 5. The second-order valence-electron chi connectivity index (χ2n) is 9.71. The molecule has 2 aromatic carbocycles. The van der Waals surface area contributed by atoms with Crippen molar-refractivity contribution in [3.63, 3.8) is 0 Å². The molecule has 1 heterocycles. The van der Waals surface area contributed by atoms with Gasteiger partial charge in [0.15, 0.2) is 6.10 Å². The summed E-state index contributed by atoms with van der Waals surface area (Å²) in [6.07, 6.45) is 10.1. The van der Waals surface area contributed by atoms with E-state index in [1.165, 1.54) is 0 Å². The quantitative estimate of drug-likeness (QED) is 0.199. The van der Waals surface area contributed by atoms with Crippen LogP contribution >= 0.6 is 0 Å². The summed E-state index contributed by atoms with van der Waals surface area (Å²) < 4.78 is 31.4. The zero-order valence-electron chi connectivity index (χ0n) is 23.6. The van der Waals surface area contributed by atoms with Gasteiger partial charge in [0, 0.05) is 17.7 Å². The molecular weight excluding hydrogens is 464 g/mol. The Morgan fingerprint density at radius 3 is 1.92 bits per heavy atom. The van der Waals surface area contributed by atoms with Crippen LogP contribution in [0, 0.1) is 6.92 Å². The normalized spacial score (nSPS) is 14.4. The van der Waals surface area contributed by atoms with E-state index in [0.717, 1.165) is 96.8 Å². The monoisotopic (exact) mass is 510 g/mol. The van der Waals surface area contributed by atoms with Gasteiger partial charge in [0.05, 0.1) is 32.0 Å². The molecule has 3 rings (SSSR count). The highest BCUT2D eigenvalue weighted by Gasteiger charge is 2.29. The summed E-state index contributed by atoms with van der Waals surface area (Å²) in [5.74, 6) is 3.99. The van der Waals surface area contributed by atoms with Crippen LogP contribution in [0.15, 0.2) is 36.1 Å². The summed E-state index contributed by atoms with van der Waals surface area (Å²) in [6, 6.07) is 10.3. The van der Waals surface area contributed by atoms with Crippen molar-refractivity contribution in [1.29, 1.82) is 0 Å². The summed E-state index contributed by atoms with van der Waals surface area (Å²) in [5, 5.41) is 0. The smallest absolute Gasteiger partial charge is 0.181 e. The molecule has 0 spiro atoms. The van der Waals surface area contributed by atoms with Crippen molar-refractivity contribution in [1.82, 2.24) is 0 Å². The van der Waals surface area contributed by atoms with Gasteiger partial charge in [-0.15, -0.1) is 0 Å². The van der Waals surface area contributed by atoms with E-state index in [4.69, 9.17) is 23.7 Å². The topological polar surface area (TPSA) is 46.2 Å². The third kappa shape index (κ3) is 8.34. The molecular formula is C32H46O5. The van der Waals surface area contributed by atoms with Crippen LogP contribution in [0.1, 0.15) is 102 Å². The van der Waals surface area contributed by atoms with Crippen molar-refractivity contribution >= 4 is 6.08 Å². The van der Waals surface area contributed by atoms with Gasteiger partial charge in [-0.05, 0) is 50.3 Å². The zero-order chi connectivity index (χ0) is 26.5. The number of benzene rings is 2. The molecule has 0 saturated heterocycles. The van der Waals surface area contributed by atoms with Gasteiger partial charge in [-0.25, -0.2) is 0 Å². The van der Waals surface area contributed by atoms with E-state index in [-0.39, 0.29) is 6.10 Å². The van der Waals surface area contributed by atoms with Gasteiger partial charge in [-0.3, -0.25) is 0 Å². The van der Waals surface area contributed by atoms with Gasteiger partial charge < -0.3 is 23.7 Å². The van der Waals surface area contributed by atoms with Crippen molar-refractivity contribution in [2.45, 2.75) is 92.1 Å². The Labute approximate surface area is 224 Å². The molecule has 5 nitrogen and oxygen atoms in total. The van der Waals surface area contributed by atoms with Crippen molar-refractivity contribution in [3.05, 3.63) is 52.8 Å². The van der Waals surface area contributed by atoms with Crippen LogP contribution in [0.4, 0.5) is 0 Å². The van der Waals surface area contributed by atoms with Crippen molar-refractivity contribution in [3.8, 4) is 23.0 Å². The Morgan fingerprint density at radius 2 is 1.27 bits per heavy atom. The third-order valence-corrected chi connectivity index (χ3v) is 6.43. The summed E-state index contributed by atoms with van der Waals surface area (Å²) in [6.45, 7) is 13.4. The van der Waals surface area contributed by atoms with E-state index < -0.39 is 0 Å². The molecule has 0 fully saturated rings. The summed E-state index contributed by atoms with van der Waals surface area (Å²) in [5.41, 5.74) is 3.04. The van der Waals surface area contributed by atoms with E-state index in [1.54, 1.807) is 0 Å². The third-order valence-electron chi connectivity index (χ3n) is 6.43. The van der Waals surface area contributed by atoms with E-state index >= 15 is 0 Å². The van der Waals surface area contributed by atoms with Gasteiger partial charge in [0.25, 0.3) is 0 Å². The maximum Gasteiger partial charge on any atom is 0.181 e. The largest absolute Gasteiger partial charge is 0.494 e. The maximum atomic E-state index is 6.67. The van der Waals surface area contributed by atoms with E-state index in [0.29, 0.717) is 26.4 Å². The molecule has 1 atom stereocenters. The fraction of sp³-hybridized carbons (Fsp3) is 0.562. The number of fused-ring (bicyclic) bond motifs is 1. The lowest BCUT2D eigenvalue weighted by molar-refractivity contribution is 0.113. The molecule has 0 N–H and O–H groups in total. The van der Waals surface area contributed by atoms with Crippen molar-refractivity contribution in [2.75, 3.05) is 26.4 Å². The Hall–Kier alpha value is -2.82. The van der Waals surface area contributed by atoms with Gasteiger partial charge in [0.1, 0.15) is 28.8 Å². The maximum absolute atomic E-state index is 6.67. The van der Waals surface area contributed by atoms with Crippen LogP contribution < -0.4 is 18.9 Å². The van der Waals surface area contributed by atoms with E-state index in [9.17, 15) is 0 Å². The van der Waals surface area contributed by atoms with Gasteiger partial charge in [-0.2, -0.15) is 0 Å². The average Bonchev–Trinajstić information content (AvgIpc) is 2.90. The predicted molar refractivity (Wildman–Crippen MR) is 151 cm³/mol. The molecule has 37 heavy (non-hydrogen) atoms. The first-order valence-corrected chi connectivity index (χ1v) is 14.3. The highest BCUT2D eigenvalue weighted by Crippen LogP contribution is 2.45. The number of aryl methyl sites for hydroxylation is 1. The number of unbranched alkanes of at least 4 members (excludes halogenated alkanes) is 4. The lowest BCUT2D eigenvalue weighted by atomic mass is 10.00. The molecule has 1 aliphatic heterocycles. The SMILES string of the molecule is CCCCOC1=Cc2c(OCCCC)cc(OCCCC)cc2O[C@@H]1c1ccc(C)c(OCCCC)c1. The first-order chi connectivity index (χ1) is 18.1. The van der Waals surface area contributed by atoms with E-state index in [2.05, 4.69) is 58.9 Å². The number of rotatable bonds is 17. The minimum atomic E-state index is -0.368. The van der Waals surface area contributed by atoms with Crippen LogP contribution in [0.25, 0.3) is 6.08 Å². The molecule has 0 aromatic heterocycles. The van der Waals surface area contributed by atoms with E-state index in [1.807, 2.05) is 12.1 Å². The van der Waals surface area contributed by atoms with Crippen LogP contribution in [0.3, 0.4) is 0 Å². The molecule has 0 bridgehead atoms. The first kappa shape index (κ1) is 28.7. The fourth-order valence-corrected chi connectivity index (χ4v) is 4.03. The Kier molecular flexibility index (Phi) is 12.0. The number of hydrogen-bond acceptors (Lipinski definition) is 5. The zero-order valence-corrected chi connectivity index (χ0v) is 23.6. The fourth-order valence-electron chi connectivity index (χ4n) is 4.03. The minimum Gasteiger partial charge on any atom is -0.494 e. The second-order valence-corrected chi connectivity index (χ2v) is 9.71. The van der Waals surface area contributed by atoms with Crippen molar-refractivity contribution < 1.29 is 23.7 Å². The van der Waals surface area contributed by atoms with Crippen LogP contribution in [0.2, 0.25) is 0 Å². The average molecular weight is 511 g/mol. The molecule has 2 aromatic rings. The minimum absolute atomic E-state index is 0.368. The highest BCUT2D eigenvalue weighted by molar-refractivity contribution is 5.70. The van der Waals surface area contributed by atoms with Gasteiger partial charge in [-0.1, -0.05) is 65.5 Å². The lowest BCUT2D eigenvalue weighted by Crippen LogP contribution is -2.18. The van der Waals surface area contributed by atoms with Gasteiger partial charge in [0.2, 0.25) is 0 Å². The molecule has 0 aliphatic carbocycles. The highest BCUT2D eigenvalue weighted by atomic mass is 16.5. The van der Waals surface area contributed by atoms with Crippen LogP contribution in [-0.4, -0.2) is 26.4 Å². The predicted octanol–water partition coefficient (Wildman–Crippen LogP) is 8.82.